The van der Waals surface area contributed by atoms with Gasteiger partial charge < -0.3 is 5.11 Å². The largest absolute Gasteiger partial charge is 0.396 e. The van der Waals surface area contributed by atoms with Crippen LogP contribution < -0.4 is 0 Å². The highest BCUT2D eigenvalue weighted by molar-refractivity contribution is 7.89. The molecule has 0 heterocycles. The van der Waals surface area contributed by atoms with E-state index in [9.17, 15) is 8.42 Å². The molecular weight excluding hydrogens is 216 g/mol. The Balaban J connectivity index is 2.66. The molecule has 86 valence electrons. The van der Waals surface area contributed by atoms with Crippen LogP contribution in [0.4, 0.5) is 0 Å². The van der Waals surface area contributed by atoms with Crippen LogP contribution in [0.25, 0.3) is 0 Å². The Kier molecular flexibility index (Phi) is 4.51. The molecular formula is C9H16N2O3S. The number of aliphatic hydroxyl groups is 1. The molecule has 0 unspecified atom stereocenters. The first-order valence-electron chi connectivity index (χ1n) is 5.09. The Morgan fingerprint density at radius 1 is 1.47 bits per heavy atom. The molecule has 0 bridgehead atoms. The second-order valence-electron chi connectivity index (χ2n) is 3.69. The molecule has 0 aromatic rings. The molecule has 1 rings (SSSR count). The second kappa shape index (κ2) is 5.45. The summed E-state index contributed by atoms with van der Waals surface area (Å²) in [6.07, 6.45) is 3.22. The van der Waals surface area contributed by atoms with Crippen molar-refractivity contribution < 1.29 is 13.5 Å². The van der Waals surface area contributed by atoms with E-state index in [1.165, 1.54) is 4.31 Å². The van der Waals surface area contributed by atoms with E-state index in [-0.39, 0.29) is 12.6 Å². The summed E-state index contributed by atoms with van der Waals surface area (Å²) in [6, 6.07) is 1.73. The van der Waals surface area contributed by atoms with Gasteiger partial charge in [-0.1, -0.05) is 6.42 Å². The lowest BCUT2D eigenvalue weighted by atomic mass is 9.93. The molecule has 0 aromatic heterocycles. The SMILES string of the molecule is N#CCS(=O)(=O)N(CCCO)C1CCC1. The van der Waals surface area contributed by atoms with Gasteiger partial charge >= 0.3 is 0 Å². The molecule has 1 N–H and O–H groups in total. The van der Waals surface area contributed by atoms with Crippen LogP contribution in [0.3, 0.4) is 0 Å². The lowest BCUT2D eigenvalue weighted by Gasteiger charge is -2.35. The molecule has 1 aliphatic rings. The first-order chi connectivity index (χ1) is 7.11. The van der Waals surface area contributed by atoms with Crippen molar-refractivity contribution in [3.8, 4) is 6.07 Å². The third kappa shape index (κ3) is 3.16. The van der Waals surface area contributed by atoms with Crippen LogP contribution in [0.2, 0.25) is 0 Å². The first-order valence-corrected chi connectivity index (χ1v) is 6.70. The molecule has 0 atom stereocenters. The summed E-state index contributed by atoms with van der Waals surface area (Å²) in [5.74, 6) is -0.463. The smallest absolute Gasteiger partial charge is 0.227 e. The molecule has 1 fully saturated rings. The van der Waals surface area contributed by atoms with Gasteiger partial charge in [-0.25, -0.2) is 8.42 Å². The number of nitrogens with zero attached hydrogens (tertiary/aromatic N) is 2. The summed E-state index contributed by atoms with van der Waals surface area (Å²) in [6.45, 7) is 0.302. The lowest BCUT2D eigenvalue weighted by molar-refractivity contribution is 0.199. The van der Waals surface area contributed by atoms with Gasteiger partial charge in [-0.05, 0) is 19.3 Å². The summed E-state index contributed by atoms with van der Waals surface area (Å²) in [5, 5.41) is 17.1. The highest BCUT2D eigenvalue weighted by atomic mass is 32.2. The molecule has 15 heavy (non-hydrogen) atoms. The summed E-state index contributed by atoms with van der Waals surface area (Å²) < 4.78 is 24.8. The Bertz CT molecular complexity index is 330. The Hall–Kier alpha value is -0.640. The van der Waals surface area contributed by atoms with Gasteiger partial charge in [0.05, 0.1) is 6.07 Å². The van der Waals surface area contributed by atoms with E-state index >= 15 is 0 Å². The summed E-state index contributed by atoms with van der Waals surface area (Å²) in [7, 11) is -3.44. The maximum atomic E-state index is 11.7. The highest BCUT2D eigenvalue weighted by Gasteiger charge is 2.32. The maximum Gasteiger partial charge on any atom is 0.227 e. The average Bonchev–Trinajstić information content (AvgIpc) is 2.08. The van der Waals surface area contributed by atoms with Crippen LogP contribution in [0.1, 0.15) is 25.7 Å². The molecule has 5 nitrogen and oxygen atoms in total. The molecule has 0 amide bonds. The number of sulfonamides is 1. The average molecular weight is 232 g/mol. The third-order valence-corrected chi connectivity index (χ3v) is 4.31. The quantitative estimate of drug-likeness (QED) is 0.703. The van der Waals surface area contributed by atoms with Crippen molar-refractivity contribution in [3.05, 3.63) is 0 Å². The molecule has 6 heteroatoms. The van der Waals surface area contributed by atoms with Crippen LogP contribution in [0, 0.1) is 11.3 Å². The van der Waals surface area contributed by atoms with Crippen LogP contribution >= 0.6 is 0 Å². The second-order valence-corrected chi connectivity index (χ2v) is 5.61. The van der Waals surface area contributed by atoms with Crippen LogP contribution in [-0.4, -0.2) is 42.8 Å². The highest BCUT2D eigenvalue weighted by Crippen LogP contribution is 2.27. The normalized spacial score (nSPS) is 17.4. The Morgan fingerprint density at radius 2 is 2.13 bits per heavy atom. The van der Waals surface area contributed by atoms with Gasteiger partial charge in [0, 0.05) is 19.2 Å². The molecule has 0 aromatic carbocycles. The van der Waals surface area contributed by atoms with Gasteiger partial charge in [-0.2, -0.15) is 9.57 Å². The summed E-state index contributed by atoms with van der Waals surface area (Å²) in [4.78, 5) is 0. The predicted molar refractivity (Wildman–Crippen MR) is 55.4 cm³/mol. The monoisotopic (exact) mass is 232 g/mol. The first kappa shape index (κ1) is 12.4. The molecule has 0 saturated heterocycles. The van der Waals surface area contributed by atoms with E-state index in [1.807, 2.05) is 0 Å². The Labute approximate surface area is 90.4 Å². The van der Waals surface area contributed by atoms with E-state index < -0.39 is 15.8 Å². The van der Waals surface area contributed by atoms with Crippen LogP contribution in [-0.2, 0) is 10.0 Å². The fraction of sp³-hybridized carbons (Fsp3) is 0.889. The number of rotatable bonds is 6. The van der Waals surface area contributed by atoms with Crippen molar-refractivity contribution in [2.24, 2.45) is 0 Å². The molecule has 1 aliphatic carbocycles. The van der Waals surface area contributed by atoms with Gasteiger partial charge in [0.2, 0.25) is 10.0 Å². The predicted octanol–water partition coefficient (Wildman–Crippen LogP) is 0.0767. The zero-order chi connectivity index (χ0) is 11.3. The molecule has 0 spiro atoms. The van der Waals surface area contributed by atoms with Crippen molar-refractivity contribution in [3.63, 3.8) is 0 Å². The zero-order valence-corrected chi connectivity index (χ0v) is 9.41. The number of aliphatic hydroxyl groups excluding tert-OH is 1. The zero-order valence-electron chi connectivity index (χ0n) is 8.59. The topological polar surface area (TPSA) is 81.4 Å². The van der Waals surface area contributed by atoms with Crippen molar-refractivity contribution in [2.45, 2.75) is 31.7 Å². The minimum atomic E-state index is -3.44. The van der Waals surface area contributed by atoms with Crippen molar-refractivity contribution in [2.75, 3.05) is 18.9 Å². The Morgan fingerprint density at radius 3 is 2.53 bits per heavy atom. The molecule has 1 saturated carbocycles. The summed E-state index contributed by atoms with van der Waals surface area (Å²) >= 11 is 0. The van der Waals surface area contributed by atoms with Crippen LogP contribution in [0.15, 0.2) is 0 Å². The minimum Gasteiger partial charge on any atom is -0.396 e. The number of hydrogen-bond donors (Lipinski definition) is 1. The fourth-order valence-corrected chi connectivity index (χ4v) is 3.02. The van der Waals surface area contributed by atoms with Gasteiger partial charge in [-0.3, -0.25) is 0 Å². The number of nitriles is 1. The van der Waals surface area contributed by atoms with E-state index in [0.717, 1.165) is 19.3 Å². The van der Waals surface area contributed by atoms with E-state index in [2.05, 4.69) is 0 Å². The fourth-order valence-electron chi connectivity index (χ4n) is 1.61. The maximum absolute atomic E-state index is 11.7. The van der Waals surface area contributed by atoms with Crippen LogP contribution in [0.5, 0.6) is 0 Å². The van der Waals surface area contributed by atoms with E-state index in [0.29, 0.717) is 13.0 Å². The standard InChI is InChI=1S/C9H16N2O3S/c10-5-8-15(13,14)11(6-2-7-12)9-3-1-4-9/h9,12H,1-4,6-8H2. The van der Waals surface area contributed by atoms with E-state index in [4.69, 9.17) is 10.4 Å². The number of hydrogen-bond acceptors (Lipinski definition) is 4. The van der Waals surface area contributed by atoms with Gasteiger partial charge in [0.1, 0.15) is 0 Å². The van der Waals surface area contributed by atoms with Gasteiger partial charge in [0.15, 0.2) is 5.75 Å². The molecule has 0 aliphatic heterocycles. The van der Waals surface area contributed by atoms with Crippen molar-refractivity contribution in [1.29, 1.82) is 5.26 Å². The van der Waals surface area contributed by atoms with E-state index in [1.54, 1.807) is 6.07 Å². The van der Waals surface area contributed by atoms with Gasteiger partial charge in [-0.15, -0.1) is 0 Å². The van der Waals surface area contributed by atoms with Crippen molar-refractivity contribution >= 4 is 10.0 Å². The lowest BCUT2D eigenvalue weighted by Crippen LogP contribution is -2.45. The summed E-state index contributed by atoms with van der Waals surface area (Å²) in [5.41, 5.74) is 0. The molecule has 0 radical (unpaired) electrons. The van der Waals surface area contributed by atoms with Crippen molar-refractivity contribution in [1.82, 2.24) is 4.31 Å². The van der Waals surface area contributed by atoms with Gasteiger partial charge in [0.25, 0.3) is 0 Å². The minimum absolute atomic E-state index is 0.0225. The third-order valence-electron chi connectivity index (χ3n) is 2.62.